The molecule has 0 aromatic carbocycles. The Morgan fingerprint density at radius 1 is 0.486 bits per heavy atom. The highest BCUT2D eigenvalue weighted by Gasteiger charge is 2.39. The molecular formula is C18H30O11S8. The van der Waals surface area contributed by atoms with Crippen LogP contribution in [0.25, 0.3) is 0 Å². The number of aliphatic hydroxyl groups is 2. The first-order valence-electron chi connectivity index (χ1n) is 10.0. The highest BCUT2D eigenvalue weighted by atomic mass is 32.2. The number of ether oxygens (including phenoxy) is 5. The first kappa shape index (κ1) is 37.6. The van der Waals surface area contributed by atoms with E-state index in [2.05, 4.69) is 101 Å². The molecular weight excluding hydrogens is 649 g/mol. The normalized spacial score (nSPS) is 12.3. The Kier molecular flexibility index (Phi) is 19.1. The molecule has 216 valence electrons. The van der Waals surface area contributed by atoms with Crippen LogP contribution in [0.4, 0.5) is 0 Å². The zero-order valence-electron chi connectivity index (χ0n) is 19.1. The maximum Gasteiger partial charge on any atom is 0.328 e. The van der Waals surface area contributed by atoms with Crippen LogP contribution in [0.3, 0.4) is 0 Å². The Hall–Kier alpha value is 0.560. The standard InChI is InChI=1S/C18H30O11S8/c19-1-17(5-26-9(21)13(30)31,6-27-10(22)14(32)33)3-25-4-18(2-20,7-28-11(23)15(34)35)8-29-12(24)16(36)37/h13-16,19-20,30-37H,1-8H2. The Balaban J connectivity index is 5.69. The van der Waals surface area contributed by atoms with Crippen LogP contribution in [0.15, 0.2) is 0 Å². The Morgan fingerprint density at radius 3 is 0.865 bits per heavy atom. The second kappa shape index (κ2) is 18.8. The average molecular weight is 679 g/mol. The van der Waals surface area contributed by atoms with Gasteiger partial charge < -0.3 is 33.9 Å². The van der Waals surface area contributed by atoms with Crippen molar-refractivity contribution in [1.29, 1.82) is 0 Å². The molecule has 0 aromatic heterocycles. The van der Waals surface area contributed by atoms with E-state index in [1.165, 1.54) is 0 Å². The van der Waals surface area contributed by atoms with Crippen molar-refractivity contribution in [2.24, 2.45) is 10.8 Å². The Morgan fingerprint density at radius 2 is 0.703 bits per heavy atom. The minimum absolute atomic E-state index is 0.398. The van der Waals surface area contributed by atoms with Crippen molar-refractivity contribution < 1.29 is 53.1 Å². The highest BCUT2D eigenvalue weighted by molar-refractivity contribution is 8.01. The number of carbonyl (C=O) groups is 4. The Bertz CT molecular complexity index is 643. The molecule has 0 fully saturated rings. The van der Waals surface area contributed by atoms with Crippen LogP contribution < -0.4 is 0 Å². The van der Waals surface area contributed by atoms with E-state index in [0.29, 0.717) is 0 Å². The smallest absolute Gasteiger partial charge is 0.328 e. The van der Waals surface area contributed by atoms with E-state index in [1.807, 2.05) is 0 Å². The van der Waals surface area contributed by atoms with Crippen LogP contribution in [-0.2, 0) is 42.9 Å². The molecule has 0 aliphatic heterocycles. The van der Waals surface area contributed by atoms with E-state index in [9.17, 15) is 29.4 Å². The van der Waals surface area contributed by atoms with E-state index < -0.39 is 106 Å². The van der Waals surface area contributed by atoms with Crippen LogP contribution in [0, 0.1) is 10.8 Å². The number of hydrogen-bond donors (Lipinski definition) is 10. The predicted octanol–water partition coefficient (Wildman–Crippen LogP) is -0.124. The number of hydrogen-bond acceptors (Lipinski definition) is 19. The molecule has 0 aliphatic carbocycles. The van der Waals surface area contributed by atoms with Gasteiger partial charge in [0, 0.05) is 0 Å². The van der Waals surface area contributed by atoms with E-state index in [-0.39, 0.29) is 0 Å². The summed E-state index contributed by atoms with van der Waals surface area (Å²) in [6.45, 7) is -4.07. The van der Waals surface area contributed by atoms with Gasteiger partial charge in [-0.25, -0.2) is 19.2 Å². The largest absolute Gasteiger partial charge is 0.463 e. The summed E-state index contributed by atoms with van der Waals surface area (Å²) >= 11 is 30.8. The van der Waals surface area contributed by atoms with Crippen molar-refractivity contribution in [1.82, 2.24) is 0 Å². The summed E-state index contributed by atoms with van der Waals surface area (Å²) in [4.78, 5) is 47.4. The number of esters is 4. The van der Waals surface area contributed by atoms with Gasteiger partial charge in [0.1, 0.15) is 44.8 Å². The first-order chi connectivity index (χ1) is 17.1. The highest BCUT2D eigenvalue weighted by Crippen LogP contribution is 2.25. The number of rotatable bonds is 18. The van der Waals surface area contributed by atoms with Gasteiger partial charge in [0.25, 0.3) is 0 Å². The van der Waals surface area contributed by atoms with Crippen LogP contribution in [-0.4, -0.2) is 105 Å². The zero-order chi connectivity index (χ0) is 28.8. The maximum absolute atomic E-state index is 11.9. The van der Waals surface area contributed by atoms with Crippen molar-refractivity contribution in [2.75, 3.05) is 52.9 Å². The molecule has 19 heteroatoms. The fourth-order valence-corrected chi connectivity index (χ4v) is 2.80. The first-order valence-corrected chi connectivity index (χ1v) is 14.2. The van der Waals surface area contributed by atoms with Gasteiger partial charge in [0.2, 0.25) is 0 Å². The summed E-state index contributed by atoms with van der Waals surface area (Å²) in [5, 5.41) is 20.2. The van der Waals surface area contributed by atoms with Gasteiger partial charge in [-0.05, 0) is 0 Å². The minimum atomic E-state index is -1.48. The van der Waals surface area contributed by atoms with Gasteiger partial charge in [-0.3, -0.25) is 0 Å². The van der Waals surface area contributed by atoms with Crippen molar-refractivity contribution in [3.8, 4) is 0 Å². The summed E-state index contributed by atoms with van der Waals surface area (Å²) < 4.78 is 21.7. The second-order valence-corrected chi connectivity index (χ2v) is 13.5. The summed E-state index contributed by atoms with van der Waals surface area (Å²) in [6.07, 6.45) is 0. The predicted molar refractivity (Wildman–Crippen MR) is 161 cm³/mol. The molecule has 0 radical (unpaired) electrons. The molecule has 0 bridgehead atoms. The summed E-state index contributed by atoms with van der Waals surface area (Å²) in [5.41, 5.74) is -2.95. The molecule has 0 rings (SSSR count). The molecule has 0 unspecified atom stereocenters. The van der Waals surface area contributed by atoms with E-state index >= 15 is 0 Å². The van der Waals surface area contributed by atoms with E-state index in [0.717, 1.165) is 0 Å². The third-order valence-corrected chi connectivity index (χ3v) is 6.10. The molecule has 11 nitrogen and oxygen atoms in total. The van der Waals surface area contributed by atoms with Crippen LogP contribution in [0.1, 0.15) is 0 Å². The fourth-order valence-electron chi connectivity index (χ4n) is 2.20. The summed E-state index contributed by atoms with van der Waals surface area (Å²) in [7, 11) is 0. The average Bonchev–Trinajstić information content (AvgIpc) is 2.85. The molecule has 0 atom stereocenters. The molecule has 0 spiro atoms. The molecule has 0 saturated heterocycles. The summed E-state index contributed by atoms with van der Waals surface area (Å²) in [6, 6.07) is 0. The number of carbonyl (C=O) groups excluding carboxylic acids is 4. The third kappa shape index (κ3) is 14.7. The lowest BCUT2D eigenvalue weighted by atomic mass is 9.90. The topological polar surface area (TPSA) is 155 Å². The molecule has 2 N–H and O–H groups in total. The number of aliphatic hydroxyl groups excluding tert-OH is 2. The van der Waals surface area contributed by atoms with Gasteiger partial charge in [0.15, 0.2) is 0 Å². The fraction of sp³-hybridized carbons (Fsp3) is 0.778. The van der Waals surface area contributed by atoms with Crippen LogP contribution in [0.2, 0.25) is 0 Å². The quantitative estimate of drug-likeness (QED) is 0.0409. The van der Waals surface area contributed by atoms with Crippen molar-refractivity contribution in [2.45, 2.75) is 18.3 Å². The van der Waals surface area contributed by atoms with Crippen molar-refractivity contribution in [3.05, 3.63) is 0 Å². The van der Waals surface area contributed by atoms with Crippen LogP contribution in [0.5, 0.6) is 0 Å². The van der Waals surface area contributed by atoms with Gasteiger partial charge >= 0.3 is 23.9 Å². The van der Waals surface area contributed by atoms with E-state index in [4.69, 9.17) is 23.7 Å². The lowest BCUT2D eigenvalue weighted by Crippen LogP contribution is -2.46. The third-order valence-electron chi connectivity index (χ3n) is 4.41. The van der Waals surface area contributed by atoms with E-state index in [1.54, 1.807) is 0 Å². The van der Waals surface area contributed by atoms with Gasteiger partial charge in [0.05, 0.1) is 37.3 Å². The maximum atomic E-state index is 11.9. The zero-order valence-corrected chi connectivity index (χ0v) is 26.3. The lowest BCUT2D eigenvalue weighted by Gasteiger charge is -2.34. The number of thiol groups is 8. The lowest BCUT2D eigenvalue weighted by molar-refractivity contribution is -0.165. The molecule has 0 saturated carbocycles. The molecule has 0 aliphatic rings. The van der Waals surface area contributed by atoms with Crippen molar-refractivity contribution >= 4 is 125 Å². The SMILES string of the molecule is O=C(OCC(CO)(COCC(CO)(COC(=O)C(S)S)COC(=O)C(S)S)COC(=O)C(S)S)C(S)S. The van der Waals surface area contributed by atoms with Gasteiger partial charge in [-0.15, -0.1) is 0 Å². The monoisotopic (exact) mass is 678 g/mol. The summed E-state index contributed by atoms with van der Waals surface area (Å²) in [5.74, 6) is -3.33. The van der Waals surface area contributed by atoms with Gasteiger partial charge in [-0.2, -0.15) is 101 Å². The van der Waals surface area contributed by atoms with Gasteiger partial charge in [-0.1, -0.05) is 0 Å². The molecule has 0 amide bonds. The van der Waals surface area contributed by atoms with Crippen LogP contribution >= 0.6 is 101 Å². The molecule has 0 heterocycles. The minimum Gasteiger partial charge on any atom is -0.463 e. The second-order valence-electron chi connectivity index (χ2n) is 7.73. The Labute approximate surface area is 258 Å². The molecule has 0 aromatic rings. The van der Waals surface area contributed by atoms with Crippen molar-refractivity contribution in [3.63, 3.8) is 0 Å². The molecule has 37 heavy (non-hydrogen) atoms.